The second-order valence-electron chi connectivity index (χ2n) is 4.89. The molecule has 0 fully saturated rings. The van der Waals surface area contributed by atoms with Crippen LogP contribution in [0.5, 0.6) is 11.5 Å². The molecule has 100 valence electrons. The van der Waals surface area contributed by atoms with E-state index in [2.05, 4.69) is 18.3 Å². The molecule has 0 spiro atoms. The minimum Gasteiger partial charge on any atom is -0.507 e. The van der Waals surface area contributed by atoms with Crippen molar-refractivity contribution in [2.24, 2.45) is 0 Å². The Morgan fingerprint density at radius 3 is 2.21 bits per heavy atom. The zero-order valence-corrected chi connectivity index (χ0v) is 11.4. The Labute approximate surface area is 113 Å². The highest BCUT2D eigenvalue weighted by Crippen LogP contribution is 2.34. The van der Waals surface area contributed by atoms with E-state index in [1.165, 1.54) is 5.56 Å². The first kappa shape index (κ1) is 13.3. The van der Waals surface area contributed by atoms with Crippen molar-refractivity contribution in [3.8, 4) is 11.5 Å². The summed E-state index contributed by atoms with van der Waals surface area (Å²) in [6.07, 6.45) is 0. The van der Waals surface area contributed by atoms with Crippen molar-refractivity contribution >= 4 is 5.69 Å². The van der Waals surface area contributed by atoms with Gasteiger partial charge in [-0.05, 0) is 44.5 Å². The summed E-state index contributed by atoms with van der Waals surface area (Å²) in [5.41, 5.74) is 3.87. The van der Waals surface area contributed by atoms with Gasteiger partial charge >= 0.3 is 0 Å². The maximum atomic E-state index is 9.85. The summed E-state index contributed by atoms with van der Waals surface area (Å²) in [5.74, 6) is 0.203. The maximum absolute atomic E-state index is 9.85. The second-order valence-corrected chi connectivity index (χ2v) is 4.89. The van der Waals surface area contributed by atoms with Gasteiger partial charge < -0.3 is 15.5 Å². The van der Waals surface area contributed by atoms with Crippen molar-refractivity contribution in [3.05, 3.63) is 53.1 Å². The third kappa shape index (κ3) is 2.81. The molecule has 0 saturated carbocycles. The Bertz CT molecular complexity index is 573. The van der Waals surface area contributed by atoms with Gasteiger partial charge in [-0.25, -0.2) is 0 Å². The number of hydrogen-bond acceptors (Lipinski definition) is 3. The molecule has 3 N–H and O–H groups in total. The number of aryl methyl sites for hydroxylation is 2. The second kappa shape index (κ2) is 5.22. The summed E-state index contributed by atoms with van der Waals surface area (Å²) < 4.78 is 0. The number of rotatable bonds is 3. The van der Waals surface area contributed by atoms with Gasteiger partial charge in [-0.1, -0.05) is 23.8 Å². The monoisotopic (exact) mass is 257 g/mol. The topological polar surface area (TPSA) is 52.5 Å². The van der Waals surface area contributed by atoms with Crippen LogP contribution < -0.4 is 5.32 Å². The van der Waals surface area contributed by atoms with Gasteiger partial charge in [-0.15, -0.1) is 0 Å². The number of hydrogen-bond donors (Lipinski definition) is 3. The summed E-state index contributed by atoms with van der Waals surface area (Å²) in [6, 6.07) is 10.7. The molecule has 0 aromatic heterocycles. The van der Waals surface area contributed by atoms with E-state index in [0.717, 1.165) is 11.3 Å². The smallest absolute Gasteiger partial charge is 0.124 e. The number of benzene rings is 2. The van der Waals surface area contributed by atoms with Crippen LogP contribution in [0.3, 0.4) is 0 Å². The van der Waals surface area contributed by atoms with Gasteiger partial charge in [0.15, 0.2) is 0 Å². The van der Waals surface area contributed by atoms with Gasteiger partial charge in [0.05, 0.1) is 11.6 Å². The average molecular weight is 257 g/mol. The molecule has 0 amide bonds. The molecule has 3 nitrogen and oxygen atoms in total. The van der Waals surface area contributed by atoms with E-state index >= 15 is 0 Å². The number of phenolic OH excluding ortho intramolecular Hbond substituents is 2. The van der Waals surface area contributed by atoms with Crippen molar-refractivity contribution in [2.45, 2.75) is 26.8 Å². The summed E-state index contributed by atoms with van der Waals surface area (Å²) in [6.45, 7) is 6.00. The molecule has 0 aliphatic carbocycles. The van der Waals surface area contributed by atoms with E-state index in [9.17, 15) is 10.2 Å². The quantitative estimate of drug-likeness (QED) is 0.782. The Morgan fingerprint density at radius 2 is 1.63 bits per heavy atom. The lowest BCUT2D eigenvalue weighted by molar-refractivity contribution is 0.434. The Morgan fingerprint density at radius 1 is 1.00 bits per heavy atom. The minimum atomic E-state index is -0.178. The number of anilines is 1. The molecule has 1 atom stereocenters. The molecule has 2 rings (SSSR count). The van der Waals surface area contributed by atoms with Crippen LogP contribution in [0.15, 0.2) is 36.4 Å². The van der Waals surface area contributed by atoms with Crippen molar-refractivity contribution in [3.63, 3.8) is 0 Å². The fourth-order valence-corrected chi connectivity index (χ4v) is 2.27. The third-order valence-electron chi connectivity index (χ3n) is 3.25. The van der Waals surface area contributed by atoms with E-state index in [0.29, 0.717) is 5.56 Å². The van der Waals surface area contributed by atoms with Gasteiger partial charge in [-0.3, -0.25) is 0 Å². The third-order valence-corrected chi connectivity index (χ3v) is 3.25. The molecule has 0 aliphatic heterocycles. The SMILES string of the molecule is Cc1ccc(NC(C)c2c(O)cccc2O)c(C)c1. The van der Waals surface area contributed by atoms with Crippen molar-refractivity contribution < 1.29 is 10.2 Å². The normalized spacial score (nSPS) is 12.2. The number of phenols is 2. The van der Waals surface area contributed by atoms with E-state index in [4.69, 9.17) is 0 Å². The van der Waals surface area contributed by atoms with E-state index in [-0.39, 0.29) is 17.5 Å². The molecular formula is C16H19NO2. The molecule has 2 aromatic rings. The average Bonchev–Trinajstić information content (AvgIpc) is 2.32. The predicted octanol–water partition coefficient (Wildman–Crippen LogP) is 3.89. The fraction of sp³-hybridized carbons (Fsp3) is 0.250. The molecule has 0 radical (unpaired) electrons. The molecule has 0 bridgehead atoms. The first-order valence-corrected chi connectivity index (χ1v) is 6.33. The fourth-order valence-electron chi connectivity index (χ4n) is 2.27. The Hall–Kier alpha value is -2.16. The largest absolute Gasteiger partial charge is 0.507 e. The summed E-state index contributed by atoms with van der Waals surface area (Å²) in [5, 5.41) is 23.0. The molecule has 1 unspecified atom stereocenters. The van der Waals surface area contributed by atoms with Crippen molar-refractivity contribution in [1.82, 2.24) is 0 Å². The van der Waals surface area contributed by atoms with Gasteiger partial charge in [0.1, 0.15) is 11.5 Å². The van der Waals surface area contributed by atoms with Gasteiger partial charge in [0.2, 0.25) is 0 Å². The lowest BCUT2D eigenvalue weighted by atomic mass is 10.0. The highest BCUT2D eigenvalue weighted by molar-refractivity contribution is 5.55. The Kier molecular flexibility index (Phi) is 3.65. The van der Waals surface area contributed by atoms with Crippen LogP contribution in [0.4, 0.5) is 5.69 Å². The lowest BCUT2D eigenvalue weighted by Crippen LogP contribution is -2.08. The van der Waals surface area contributed by atoms with Crippen LogP contribution in [-0.4, -0.2) is 10.2 Å². The number of nitrogens with one attached hydrogen (secondary N) is 1. The van der Waals surface area contributed by atoms with Crippen LogP contribution in [0, 0.1) is 13.8 Å². The molecule has 19 heavy (non-hydrogen) atoms. The summed E-state index contributed by atoms with van der Waals surface area (Å²) in [4.78, 5) is 0. The first-order chi connectivity index (χ1) is 8.99. The van der Waals surface area contributed by atoms with Crippen molar-refractivity contribution in [2.75, 3.05) is 5.32 Å². The molecule has 0 aliphatic rings. The van der Waals surface area contributed by atoms with E-state index in [1.54, 1.807) is 18.2 Å². The Balaban J connectivity index is 2.28. The van der Waals surface area contributed by atoms with Crippen LogP contribution in [0.2, 0.25) is 0 Å². The summed E-state index contributed by atoms with van der Waals surface area (Å²) in [7, 11) is 0. The van der Waals surface area contributed by atoms with E-state index in [1.807, 2.05) is 26.0 Å². The van der Waals surface area contributed by atoms with Crippen LogP contribution >= 0.6 is 0 Å². The van der Waals surface area contributed by atoms with Crippen molar-refractivity contribution in [1.29, 1.82) is 0 Å². The van der Waals surface area contributed by atoms with Crippen LogP contribution in [0.25, 0.3) is 0 Å². The van der Waals surface area contributed by atoms with Crippen LogP contribution in [-0.2, 0) is 0 Å². The van der Waals surface area contributed by atoms with Gasteiger partial charge in [0, 0.05) is 5.69 Å². The summed E-state index contributed by atoms with van der Waals surface area (Å²) >= 11 is 0. The zero-order valence-electron chi connectivity index (χ0n) is 11.4. The molecule has 0 heterocycles. The standard InChI is InChI=1S/C16H19NO2/c1-10-7-8-13(11(2)9-10)17-12(3)16-14(18)5-4-6-15(16)19/h4-9,12,17-19H,1-3H3. The zero-order chi connectivity index (χ0) is 14.0. The maximum Gasteiger partial charge on any atom is 0.124 e. The molecule has 3 heteroatoms. The van der Waals surface area contributed by atoms with E-state index < -0.39 is 0 Å². The van der Waals surface area contributed by atoms with Crippen LogP contribution in [0.1, 0.15) is 29.7 Å². The molecule has 0 saturated heterocycles. The molecule has 2 aromatic carbocycles. The minimum absolute atomic E-state index is 0.102. The lowest BCUT2D eigenvalue weighted by Gasteiger charge is -2.19. The number of aromatic hydroxyl groups is 2. The predicted molar refractivity (Wildman–Crippen MR) is 77.7 cm³/mol. The van der Waals surface area contributed by atoms with Gasteiger partial charge in [0.25, 0.3) is 0 Å². The highest BCUT2D eigenvalue weighted by Gasteiger charge is 2.15. The highest BCUT2D eigenvalue weighted by atomic mass is 16.3. The van der Waals surface area contributed by atoms with Gasteiger partial charge in [-0.2, -0.15) is 0 Å². The first-order valence-electron chi connectivity index (χ1n) is 6.33. The molecular weight excluding hydrogens is 238 g/mol.